The first kappa shape index (κ1) is 16.2. The molecular formula is C19H20F2OS. The summed E-state index contributed by atoms with van der Waals surface area (Å²) in [6.07, 6.45) is 1.50. The molecule has 0 N–H and O–H groups in total. The van der Waals surface area contributed by atoms with Crippen LogP contribution in [0.3, 0.4) is 0 Å². The Labute approximate surface area is 138 Å². The van der Waals surface area contributed by atoms with Gasteiger partial charge in [-0.15, -0.1) is 11.3 Å². The van der Waals surface area contributed by atoms with E-state index in [1.807, 2.05) is 19.1 Å². The summed E-state index contributed by atoms with van der Waals surface area (Å²) in [6.45, 7) is 6.60. The predicted octanol–water partition coefficient (Wildman–Crippen LogP) is 6.32. The summed E-state index contributed by atoms with van der Waals surface area (Å²) in [4.78, 5) is 0. The lowest BCUT2D eigenvalue weighted by molar-refractivity contribution is 0.278. The van der Waals surface area contributed by atoms with Crippen LogP contribution in [-0.2, 0) is 6.42 Å². The molecule has 0 aliphatic rings. The molecule has 23 heavy (non-hydrogen) atoms. The van der Waals surface area contributed by atoms with E-state index in [1.54, 1.807) is 12.1 Å². The number of hydrogen-bond acceptors (Lipinski definition) is 2. The number of halogens is 2. The number of hydrogen-bond donors (Lipinski definition) is 0. The van der Waals surface area contributed by atoms with Crippen LogP contribution in [0.5, 0.6) is 5.75 Å². The number of benzene rings is 2. The maximum atomic E-state index is 14.7. The van der Waals surface area contributed by atoms with Crippen molar-refractivity contribution in [2.75, 3.05) is 6.61 Å². The largest absolute Gasteiger partial charge is 0.490 e. The van der Waals surface area contributed by atoms with E-state index in [-0.39, 0.29) is 17.4 Å². The van der Waals surface area contributed by atoms with E-state index in [4.69, 9.17) is 4.74 Å². The van der Waals surface area contributed by atoms with Crippen LogP contribution in [0.2, 0.25) is 0 Å². The molecule has 1 nitrogen and oxygen atoms in total. The minimum absolute atomic E-state index is 0.229. The standard InChI is InChI=1S/C19H20F2OS/c1-4-12-5-6-13-14-7-8-15(22-10-9-11(2)3)17(21)19(14)23-18(13)16(12)20/h5-8,11H,4,9-10H2,1-3H3. The van der Waals surface area contributed by atoms with Crippen molar-refractivity contribution in [3.8, 4) is 5.75 Å². The molecule has 0 fully saturated rings. The van der Waals surface area contributed by atoms with E-state index in [1.165, 1.54) is 11.3 Å². The average Bonchev–Trinajstić information content (AvgIpc) is 2.90. The minimum Gasteiger partial charge on any atom is -0.490 e. The number of ether oxygens (including phenoxy) is 1. The Morgan fingerprint density at radius 1 is 1.00 bits per heavy atom. The molecule has 3 rings (SSSR count). The van der Waals surface area contributed by atoms with Crippen LogP contribution in [-0.4, -0.2) is 6.61 Å². The molecule has 0 bridgehead atoms. The Kier molecular flexibility index (Phi) is 4.53. The maximum Gasteiger partial charge on any atom is 0.182 e. The van der Waals surface area contributed by atoms with Crippen LogP contribution in [0.25, 0.3) is 20.2 Å². The van der Waals surface area contributed by atoms with Gasteiger partial charge in [-0.3, -0.25) is 0 Å². The number of fused-ring (bicyclic) bond motifs is 3. The Morgan fingerprint density at radius 3 is 2.30 bits per heavy atom. The molecule has 0 saturated heterocycles. The van der Waals surface area contributed by atoms with Crippen LogP contribution in [0.1, 0.15) is 32.8 Å². The van der Waals surface area contributed by atoms with Crippen LogP contribution in [0.15, 0.2) is 24.3 Å². The summed E-state index contributed by atoms with van der Waals surface area (Å²) < 4.78 is 35.8. The lowest BCUT2D eigenvalue weighted by Gasteiger charge is -2.09. The number of rotatable bonds is 5. The fourth-order valence-electron chi connectivity index (χ4n) is 2.65. The van der Waals surface area contributed by atoms with Crippen molar-refractivity contribution in [2.24, 2.45) is 5.92 Å². The van der Waals surface area contributed by atoms with Gasteiger partial charge in [-0.25, -0.2) is 8.78 Å². The van der Waals surface area contributed by atoms with Gasteiger partial charge in [-0.05, 0) is 36.5 Å². The van der Waals surface area contributed by atoms with Gasteiger partial charge in [0.05, 0.1) is 16.0 Å². The van der Waals surface area contributed by atoms with Gasteiger partial charge < -0.3 is 4.74 Å². The predicted molar refractivity (Wildman–Crippen MR) is 93.6 cm³/mol. The Balaban J connectivity index is 2.07. The molecule has 0 aliphatic heterocycles. The highest BCUT2D eigenvalue weighted by molar-refractivity contribution is 7.25. The molecule has 3 aromatic rings. The first-order chi connectivity index (χ1) is 11.0. The summed E-state index contributed by atoms with van der Waals surface area (Å²) in [7, 11) is 0. The molecule has 1 aromatic heterocycles. The lowest BCUT2D eigenvalue weighted by Crippen LogP contribution is -2.02. The molecule has 0 amide bonds. The molecule has 4 heteroatoms. The second-order valence-corrected chi connectivity index (χ2v) is 7.18. The van der Waals surface area contributed by atoms with E-state index >= 15 is 0 Å². The van der Waals surface area contributed by atoms with Gasteiger partial charge >= 0.3 is 0 Å². The molecule has 0 saturated carbocycles. The summed E-state index contributed by atoms with van der Waals surface area (Å²) in [5.41, 5.74) is 0.665. The molecule has 0 radical (unpaired) electrons. The Hall–Kier alpha value is -1.68. The van der Waals surface area contributed by atoms with E-state index < -0.39 is 0 Å². The molecule has 0 unspecified atom stereocenters. The quantitative estimate of drug-likeness (QED) is 0.530. The van der Waals surface area contributed by atoms with Crippen molar-refractivity contribution in [1.29, 1.82) is 0 Å². The van der Waals surface area contributed by atoms with Gasteiger partial charge in [0.1, 0.15) is 5.82 Å². The van der Waals surface area contributed by atoms with E-state index in [2.05, 4.69) is 13.8 Å². The fraction of sp³-hybridized carbons (Fsp3) is 0.368. The van der Waals surface area contributed by atoms with Gasteiger partial charge in [0.15, 0.2) is 11.6 Å². The van der Waals surface area contributed by atoms with Crippen molar-refractivity contribution in [2.45, 2.75) is 33.6 Å². The fourth-order valence-corrected chi connectivity index (χ4v) is 3.84. The highest BCUT2D eigenvalue weighted by Crippen LogP contribution is 2.40. The summed E-state index contributed by atoms with van der Waals surface area (Å²) in [5, 5.41) is 1.52. The SMILES string of the molecule is CCc1ccc2c(sc3c(F)c(OCCC(C)C)ccc32)c1F. The summed E-state index contributed by atoms with van der Waals surface area (Å²) in [5.74, 6) is 0.145. The van der Waals surface area contributed by atoms with Crippen molar-refractivity contribution in [3.05, 3.63) is 41.5 Å². The van der Waals surface area contributed by atoms with Crippen molar-refractivity contribution < 1.29 is 13.5 Å². The van der Waals surface area contributed by atoms with Gasteiger partial charge in [0, 0.05) is 10.8 Å². The summed E-state index contributed by atoms with van der Waals surface area (Å²) in [6, 6.07) is 7.15. The molecule has 1 heterocycles. The second kappa shape index (κ2) is 6.44. The average molecular weight is 334 g/mol. The molecule has 0 aliphatic carbocycles. The van der Waals surface area contributed by atoms with Gasteiger partial charge in [-0.1, -0.05) is 32.9 Å². The Bertz CT molecular complexity index is 852. The molecule has 0 atom stereocenters. The smallest absolute Gasteiger partial charge is 0.182 e. The van der Waals surface area contributed by atoms with Gasteiger partial charge in [0.25, 0.3) is 0 Å². The second-order valence-electron chi connectivity index (χ2n) is 6.16. The molecular weight excluding hydrogens is 314 g/mol. The van der Waals surface area contributed by atoms with E-state index in [0.717, 1.165) is 17.2 Å². The van der Waals surface area contributed by atoms with E-state index in [9.17, 15) is 8.78 Å². The Morgan fingerprint density at radius 2 is 1.65 bits per heavy atom. The highest BCUT2D eigenvalue weighted by Gasteiger charge is 2.17. The third kappa shape index (κ3) is 2.92. The third-order valence-electron chi connectivity index (χ3n) is 4.07. The molecule has 0 spiro atoms. The number of aryl methyl sites for hydroxylation is 1. The normalized spacial score (nSPS) is 11.7. The van der Waals surface area contributed by atoms with Crippen LogP contribution >= 0.6 is 11.3 Å². The maximum absolute atomic E-state index is 14.7. The molecule has 122 valence electrons. The molecule has 2 aromatic carbocycles. The lowest BCUT2D eigenvalue weighted by atomic mass is 10.1. The van der Waals surface area contributed by atoms with Crippen molar-refractivity contribution >= 4 is 31.5 Å². The third-order valence-corrected chi connectivity index (χ3v) is 5.27. The zero-order valence-corrected chi connectivity index (χ0v) is 14.4. The van der Waals surface area contributed by atoms with Crippen molar-refractivity contribution in [3.63, 3.8) is 0 Å². The van der Waals surface area contributed by atoms with E-state index in [0.29, 0.717) is 33.9 Å². The minimum atomic E-state index is -0.384. The van der Waals surface area contributed by atoms with Gasteiger partial charge in [0.2, 0.25) is 0 Å². The first-order valence-electron chi connectivity index (χ1n) is 7.97. The van der Waals surface area contributed by atoms with Crippen LogP contribution < -0.4 is 4.74 Å². The van der Waals surface area contributed by atoms with Crippen LogP contribution in [0.4, 0.5) is 8.78 Å². The highest BCUT2D eigenvalue weighted by atomic mass is 32.1. The van der Waals surface area contributed by atoms with Crippen molar-refractivity contribution in [1.82, 2.24) is 0 Å². The topological polar surface area (TPSA) is 9.23 Å². The number of thiophene rings is 1. The zero-order valence-electron chi connectivity index (χ0n) is 13.6. The zero-order chi connectivity index (χ0) is 16.6. The first-order valence-corrected chi connectivity index (χ1v) is 8.79. The summed E-state index contributed by atoms with van der Waals surface area (Å²) >= 11 is 1.17. The monoisotopic (exact) mass is 334 g/mol. The van der Waals surface area contributed by atoms with Crippen LogP contribution in [0, 0.1) is 17.6 Å². The van der Waals surface area contributed by atoms with Gasteiger partial charge in [-0.2, -0.15) is 0 Å².